The summed E-state index contributed by atoms with van der Waals surface area (Å²) in [4.78, 5) is 27.4. The number of fused-ring (bicyclic) bond motifs is 1. The van der Waals surface area contributed by atoms with Crippen LogP contribution in [0.1, 0.15) is 5.56 Å². The van der Waals surface area contributed by atoms with Crippen molar-refractivity contribution in [3.8, 4) is 22.5 Å². The molecular weight excluding hydrogens is 383 g/mol. The summed E-state index contributed by atoms with van der Waals surface area (Å²) in [7, 11) is 1.70. The fourth-order valence-electron chi connectivity index (χ4n) is 2.93. The van der Waals surface area contributed by atoms with Gasteiger partial charge >= 0.3 is 6.18 Å². The summed E-state index contributed by atoms with van der Waals surface area (Å²) in [5, 5.41) is 2.91. The molecule has 0 atom stereocenters. The van der Waals surface area contributed by atoms with E-state index in [9.17, 15) is 18.0 Å². The van der Waals surface area contributed by atoms with Crippen molar-refractivity contribution in [2.45, 2.75) is 6.18 Å². The first kappa shape index (κ1) is 18.6. The first-order valence-corrected chi connectivity index (χ1v) is 8.58. The van der Waals surface area contributed by atoms with Gasteiger partial charge in [0, 0.05) is 30.4 Å². The maximum atomic E-state index is 13.2. The number of benzene rings is 1. The summed E-state index contributed by atoms with van der Waals surface area (Å²) in [6, 6.07) is 11.1. The van der Waals surface area contributed by atoms with Crippen molar-refractivity contribution in [2.75, 3.05) is 12.4 Å². The van der Waals surface area contributed by atoms with E-state index >= 15 is 0 Å². The van der Waals surface area contributed by atoms with Gasteiger partial charge in [0.2, 0.25) is 5.56 Å². The van der Waals surface area contributed by atoms with Crippen molar-refractivity contribution in [2.24, 2.45) is 0 Å². The second-order valence-corrected chi connectivity index (χ2v) is 6.24. The smallest absolute Gasteiger partial charge is 0.373 e. The van der Waals surface area contributed by atoms with Gasteiger partial charge in [0.1, 0.15) is 11.3 Å². The van der Waals surface area contributed by atoms with Crippen LogP contribution in [0.25, 0.3) is 33.7 Å². The Morgan fingerprint density at radius 3 is 2.48 bits per heavy atom. The van der Waals surface area contributed by atoms with Gasteiger partial charge in [-0.05, 0) is 30.3 Å². The van der Waals surface area contributed by atoms with E-state index in [1.807, 2.05) is 0 Å². The quantitative estimate of drug-likeness (QED) is 0.544. The number of pyridine rings is 2. The number of aromatic amines is 1. The van der Waals surface area contributed by atoms with Crippen LogP contribution >= 0.6 is 0 Å². The van der Waals surface area contributed by atoms with Gasteiger partial charge in [-0.3, -0.25) is 4.79 Å². The molecule has 9 heteroatoms. The van der Waals surface area contributed by atoms with Gasteiger partial charge in [0.15, 0.2) is 5.65 Å². The van der Waals surface area contributed by atoms with E-state index in [1.165, 1.54) is 24.3 Å². The minimum Gasteiger partial charge on any atom is -0.373 e. The molecule has 4 aromatic rings. The normalized spacial score (nSPS) is 11.6. The zero-order valence-corrected chi connectivity index (χ0v) is 15.1. The first-order chi connectivity index (χ1) is 13.8. The Morgan fingerprint density at radius 1 is 0.966 bits per heavy atom. The molecule has 6 nitrogen and oxygen atoms in total. The average molecular weight is 397 g/mol. The number of H-pyrrole nitrogens is 1. The number of hydrogen-bond acceptors (Lipinski definition) is 5. The van der Waals surface area contributed by atoms with Gasteiger partial charge in [-0.15, -0.1) is 0 Å². The molecule has 0 unspecified atom stereocenters. The largest absolute Gasteiger partial charge is 0.416 e. The molecule has 3 heterocycles. The van der Waals surface area contributed by atoms with Gasteiger partial charge < -0.3 is 10.3 Å². The third kappa shape index (κ3) is 3.66. The van der Waals surface area contributed by atoms with Crippen molar-refractivity contribution >= 4 is 17.0 Å². The topological polar surface area (TPSA) is 83.6 Å². The Balaban J connectivity index is 2.02. The Kier molecular flexibility index (Phi) is 4.50. The van der Waals surface area contributed by atoms with E-state index in [1.54, 1.807) is 25.4 Å². The molecule has 0 radical (unpaired) electrons. The highest BCUT2D eigenvalue weighted by Crippen LogP contribution is 2.35. The van der Waals surface area contributed by atoms with E-state index in [4.69, 9.17) is 0 Å². The molecule has 0 amide bonds. The fraction of sp³-hybridized carbons (Fsp3) is 0.100. The Morgan fingerprint density at radius 2 is 1.72 bits per heavy atom. The fourth-order valence-corrected chi connectivity index (χ4v) is 2.93. The number of alkyl halides is 3. The second-order valence-electron chi connectivity index (χ2n) is 6.24. The summed E-state index contributed by atoms with van der Waals surface area (Å²) < 4.78 is 39.6. The molecule has 146 valence electrons. The van der Waals surface area contributed by atoms with Crippen LogP contribution in [0.2, 0.25) is 0 Å². The lowest BCUT2D eigenvalue weighted by molar-refractivity contribution is -0.137. The Bertz CT molecular complexity index is 1270. The number of nitrogens with zero attached hydrogens (tertiary/aromatic N) is 3. The molecular formula is C20H14F3N5O. The Labute approximate surface area is 162 Å². The molecule has 0 spiro atoms. The van der Waals surface area contributed by atoms with Crippen molar-refractivity contribution in [1.29, 1.82) is 0 Å². The van der Waals surface area contributed by atoms with Crippen LogP contribution in [-0.4, -0.2) is 27.0 Å². The molecule has 29 heavy (non-hydrogen) atoms. The lowest BCUT2D eigenvalue weighted by Gasteiger charge is -2.13. The summed E-state index contributed by atoms with van der Waals surface area (Å²) in [6.07, 6.45) is -2.93. The van der Waals surface area contributed by atoms with Crippen LogP contribution < -0.4 is 10.9 Å². The summed E-state index contributed by atoms with van der Waals surface area (Å²) in [5.74, 6) is 0.570. The molecule has 0 saturated carbocycles. The minimum atomic E-state index is -4.50. The molecule has 0 aliphatic heterocycles. The van der Waals surface area contributed by atoms with E-state index in [0.717, 1.165) is 12.1 Å². The summed E-state index contributed by atoms with van der Waals surface area (Å²) >= 11 is 0. The maximum absolute atomic E-state index is 13.2. The van der Waals surface area contributed by atoms with E-state index < -0.39 is 11.7 Å². The van der Waals surface area contributed by atoms with Gasteiger partial charge in [0.25, 0.3) is 0 Å². The van der Waals surface area contributed by atoms with Crippen LogP contribution in [0.5, 0.6) is 0 Å². The molecule has 2 N–H and O–H groups in total. The van der Waals surface area contributed by atoms with Crippen LogP contribution in [-0.2, 0) is 6.18 Å². The summed E-state index contributed by atoms with van der Waals surface area (Å²) in [5.41, 5.74) is 0.885. The molecule has 0 fully saturated rings. The second kappa shape index (κ2) is 7.01. The van der Waals surface area contributed by atoms with Crippen LogP contribution in [0, 0.1) is 0 Å². The number of nitrogens with one attached hydrogen (secondary N) is 2. The number of hydrogen-bond donors (Lipinski definition) is 2. The van der Waals surface area contributed by atoms with Gasteiger partial charge in [0.05, 0.1) is 17.0 Å². The van der Waals surface area contributed by atoms with Gasteiger partial charge in [-0.1, -0.05) is 12.1 Å². The lowest BCUT2D eigenvalue weighted by atomic mass is 10.0. The van der Waals surface area contributed by atoms with Crippen molar-refractivity contribution in [1.82, 2.24) is 19.9 Å². The number of halogens is 3. The van der Waals surface area contributed by atoms with E-state index in [-0.39, 0.29) is 22.5 Å². The predicted molar refractivity (Wildman–Crippen MR) is 103 cm³/mol. The van der Waals surface area contributed by atoms with Gasteiger partial charge in [-0.25, -0.2) is 15.0 Å². The third-order valence-corrected chi connectivity index (χ3v) is 4.31. The van der Waals surface area contributed by atoms with Crippen molar-refractivity contribution in [3.05, 3.63) is 70.6 Å². The van der Waals surface area contributed by atoms with Crippen LogP contribution in [0.15, 0.2) is 59.5 Å². The van der Waals surface area contributed by atoms with E-state index in [2.05, 4.69) is 25.3 Å². The number of anilines is 1. The standard InChI is InChI=1S/C20H14F3N5O/c1-24-15-10-12(7-8-25-15)17-18(11-3-2-4-13(9-11)20(21,22)23)28-19-14(26-17)5-6-16(29)27-19/h2-10H,1H3,(H,24,25)(H,27,28,29). The highest BCUT2D eigenvalue weighted by atomic mass is 19.4. The number of aromatic nitrogens is 4. The molecule has 0 aliphatic carbocycles. The molecule has 0 aliphatic rings. The average Bonchev–Trinajstić information content (AvgIpc) is 2.72. The molecule has 1 aromatic carbocycles. The summed E-state index contributed by atoms with van der Waals surface area (Å²) in [6.45, 7) is 0. The molecule has 4 rings (SSSR count). The predicted octanol–water partition coefficient (Wildman–Crippen LogP) is 4.11. The third-order valence-electron chi connectivity index (χ3n) is 4.31. The van der Waals surface area contributed by atoms with Crippen molar-refractivity contribution in [3.63, 3.8) is 0 Å². The zero-order valence-electron chi connectivity index (χ0n) is 15.1. The first-order valence-electron chi connectivity index (χ1n) is 8.58. The molecule has 0 saturated heterocycles. The van der Waals surface area contributed by atoms with Gasteiger partial charge in [-0.2, -0.15) is 13.2 Å². The van der Waals surface area contributed by atoms with E-state index in [0.29, 0.717) is 22.6 Å². The van der Waals surface area contributed by atoms with Crippen LogP contribution in [0.4, 0.5) is 19.0 Å². The number of rotatable bonds is 3. The maximum Gasteiger partial charge on any atom is 0.416 e. The van der Waals surface area contributed by atoms with Crippen molar-refractivity contribution < 1.29 is 13.2 Å². The lowest BCUT2D eigenvalue weighted by Crippen LogP contribution is -2.07. The minimum absolute atomic E-state index is 0.191. The molecule has 0 bridgehead atoms. The highest BCUT2D eigenvalue weighted by Gasteiger charge is 2.31. The monoisotopic (exact) mass is 397 g/mol. The molecule has 3 aromatic heterocycles. The van der Waals surface area contributed by atoms with Crippen LogP contribution in [0.3, 0.4) is 0 Å². The SMILES string of the molecule is CNc1cc(-c2nc3ccc(=O)[nH]c3nc2-c2cccc(C(F)(F)F)c2)ccn1. The zero-order chi connectivity index (χ0) is 20.6. The Hall–Kier alpha value is -3.75. The highest BCUT2D eigenvalue weighted by molar-refractivity contribution is 5.85.